The highest BCUT2D eigenvalue weighted by Crippen LogP contribution is 2.29. The number of hydrogen-bond donors (Lipinski definition) is 2. The summed E-state index contributed by atoms with van der Waals surface area (Å²) in [4.78, 5) is 15.8. The van der Waals surface area contributed by atoms with Gasteiger partial charge in [-0.25, -0.2) is 0 Å². The van der Waals surface area contributed by atoms with Gasteiger partial charge in [-0.15, -0.1) is 0 Å². The van der Waals surface area contributed by atoms with Crippen molar-refractivity contribution in [2.75, 3.05) is 0 Å². The van der Waals surface area contributed by atoms with Gasteiger partial charge in [0, 0.05) is 18.8 Å². The molecule has 0 saturated carbocycles. The first-order chi connectivity index (χ1) is 13.3. The molecule has 3 aromatic rings. The largest absolute Gasteiger partial charge is 0.367 e. The fourth-order valence-electron chi connectivity index (χ4n) is 3.80. The summed E-state index contributed by atoms with van der Waals surface area (Å²) in [7, 11) is 0. The fourth-order valence-corrected chi connectivity index (χ4v) is 3.80. The quantitative estimate of drug-likeness (QED) is 0.639. The van der Waals surface area contributed by atoms with Gasteiger partial charge in [0.1, 0.15) is 0 Å². The van der Waals surface area contributed by atoms with Crippen molar-refractivity contribution in [1.82, 2.24) is 10.3 Å². The average molecular weight is 356 g/mol. The molecule has 1 aliphatic rings. The molecule has 1 aromatic heterocycles. The zero-order valence-corrected chi connectivity index (χ0v) is 15.3. The van der Waals surface area contributed by atoms with Crippen LogP contribution in [0.3, 0.4) is 0 Å². The van der Waals surface area contributed by atoms with E-state index in [1.165, 1.54) is 16.7 Å². The smallest absolute Gasteiger partial charge is 0.221 e. The lowest BCUT2D eigenvalue weighted by Crippen LogP contribution is -2.29. The van der Waals surface area contributed by atoms with Gasteiger partial charge < -0.3 is 10.3 Å². The van der Waals surface area contributed by atoms with E-state index in [4.69, 9.17) is 0 Å². The van der Waals surface area contributed by atoms with Gasteiger partial charge in [-0.1, -0.05) is 60.7 Å². The van der Waals surface area contributed by atoms with Crippen LogP contribution < -0.4 is 5.32 Å². The van der Waals surface area contributed by atoms with Crippen molar-refractivity contribution in [3.63, 3.8) is 0 Å². The summed E-state index contributed by atoms with van der Waals surface area (Å²) in [6.45, 7) is 0. The molecule has 1 heterocycles. The second kappa shape index (κ2) is 8.09. The van der Waals surface area contributed by atoms with E-state index in [9.17, 15) is 4.79 Å². The number of amides is 1. The lowest BCUT2D eigenvalue weighted by Gasteiger charge is -2.20. The highest BCUT2D eigenvalue weighted by Gasteiger charge is 2.18. The number of fused-ring (bicyclic) bond motifs is 1. The molecule has 0 spiro atoms. The molecule has 2 N–H and O–H groups in total. The minimum Gasteiger partial charge on any atom is -0.367 e. The van der Waals surface area contributed by atoms with Crippen molar-refractivity contribution in [3.8, 4) is 0 Å². The molecule has 3 heteroatoms. The first-order valence-corrected chi connectivity index (χ1v) is 9.55. The average Bonchev–Trinajstić information content (AvgIpc) is 3.25. The van der Waals surface area contributed by atoms with E-state index in [1.54, 1.807) is 0 Å². The molecule has 0 bridgehead atoms. The molecule has 3 nitrogen and oxygen atoms in total. The Kier molecular flexibility index (Phi) is 5.20. The number of nitrogens with one attached hydrogen (secondary N) is 2. The van der Waals surface area contributed by atoms with Crippen molar-refractivity contribution < 1.29 is 4.79 Å². The van der Waals surface area contributed by atoms with Gasteiger partial charge in [-0.3, -0.25) is 4.79 Å². The molecule has 0 aliphatic heterocycles. The highest BCUT2D eigenvalue weighted by atomic mass is 16.1. The zero-order valence-electron chi connectivity index (χ0n) is 15.3. The van der Waals surface area contributed by atoms with E-state index in [0.717, 1.165) is 30.4 Å². The van der Waals surface area contributed by atoms with Crippen LogP contribution in [-0.4, -0.2) is 10.9 Å². The molecule has 1 atom stereocenters. The van der Waals surface area contributed by atoms with Crippen LogP contribution in [0.2, 0.25) is 0 Å². The van der Waals surface area contributed by atoms with Crippen LogP contribution in [0, 0.1) is 0 Å². The normalized spacial score (nSPS) is 14.1. The number of H-pyrrole nitrogens is 1. The van der Waals surface area contributed by atoms with Crippen LogP contribution in [0.25, 0.3) is 5.57 Å². The minimum atomic E-state index is -0.127. The standard InChI is InChI=1S/C24H24N2O/c27-23(14-13-19-11-6-10-18-7-4-5-12-22(18)19)26-24(21-15-16-25-17-21)20-8-2-1-3-9-20/h1-5,7-9,11-12,15-17,24-25H,6,10,13-14H2,(H,26,27). The third-order valence-corrected chi connectivity index (χ3v) is 5.18. The lowest BCUT2D eigenvalue weighted by molar-refractivity contribution is -0.121. The van der Waals surface area contributed by atoms with Gasteiger partial charge >= 0.3 is 0 Å². The van der Waals surface area contributed by atoms with Gasteiger partial charge in [0.15, 0.2) is 0 Å². The molecule has 0 fully saturated rings. The summed E-state index contributed by atoms with van der Waals surface area (Å²) in [5.41, 5.74) is 6.15. The van der Waals surface area contributed by atoms with Crippen molar-refractivity contribution in [2.45, 2.75) is 31.7 Å². The summed E-state index contributed by atoms with van der Waals surface area (Å²) in [5.74, 6) is 0.0778. The molecule has 27 heavy (non-hydrogen) atoms. The van der Waals surface area contributed by atoms with Gasteiger partial charge in [0.05, 0.1) is 6.04 Å². The Morgan fingerprint density at radius 2 is 1.81 bits per heavy atom. The second-order valence-corrected chi connectivity index (χ2v) is 6.98. The van der Waals surface area contributed by atoms with Crippen LogP contribution in [0.15, 0.2) is 79.1 Å². The van der Waals surface area contributed by atoms with Crippen LogP contribution >= 0.6 is 0 Å². The Hall–Kier alpha value is -3.07. The third kappa shape index (κ3) is 4.03. The molecular weight excluding hydrogens is 332 g/mol. The van der Waals surface area contributed by atoms with Gasteiger partial charge in [-0.05, 0) is 53.2 Å². The number of carbonyl (C=O) groups excluding carboxylic acids is 1. The Morgan fingerprint density at radius 1 is 1.00 bits per heavy atom. The van der Waals surface area contributed by atoms with Crippen LogP contribution in [-0.2, 0) is 11.2 Å². The Morgan fingerprint density at radius 3 is 2.63 bits per heavy atom. The van der Waals surface area contributed by atoms with E-state index < -0.39 is 0 Å². The van der Waals surface area contributed by atoms with Crippen molar-refractivity contribution in [1.29, 1.82) is 0 Å². The third-order valence-electron chi connectivity index (χ3n) is 5.18. The van der Waals surface area contributed by atoms with Crippen molar-refractivity contribution >= 4 is 11.5 Å². The molecule has 1 aliphatic carbocycles. The first-order valence-electron chi connectivity index (χ1n) is 9.55. The monoisotopic (exact) mass is 356 g/mol. The van der Waals surface area contributed by atoms with Crippen molar-refractivity contribution in [2.24, 2.45) is 0 Å². The van der Waals surface area contributed by atoms with Crippen LogP contribution in [0.5, 0.6) is 0 Å². The molecule has 0 radical (unpaired) electrons. The van der Waals surface area contributed by atoms with E-state index in [2.05, 4.69) is 52.8 Å². The molecular formula is C24H24N2O. The molecule has 4 rings (SSSR count). The van der Waals surface area contributed by atoms with E-state index >= 15 is 0 Å². The molecule has 1 unspecified atom stereocenters. The summed E-state index contributed by atoms with van der Waals surface area (Å²) in [5, 5.41) is 3.21. The van der Waals surface area contributed by atoms with Crippen molar-refractivity contribution in [3.05, 3.63) is 101 Å². The maximum Gasteiger partial charge on any atom is 0.221 e. The fraction of sp³-hybridized carbons (Fsp3) is 0.208. The SMILES string of the molecule is O=C(CCC1=CCCc2ccccc21)NC(c1ccccc1)c1cc[nH]c1. The van der Waals surface area contributed by atoms with Gasteiger partial charge in [-0.2, -0.15) is 0 Å². The van der Waals surface area contributed by atoms with Gasteiger partial charge in [0.2, 0.25) is 5.91 Å². The number of aromatic amines is 1. The minimum absolute atomic E-state index is 0.0778. The van der Waals surface area contributed by atoms with Gasteiger partial charge in [0.25, 0.3) is 0 Å². The van der Waals surface area contributed by atoms with E-state index in [0.29, 0.717) is 6.42 Å². The summed E-state index contributed by atoms with van der Waals surface area (Å²) in [6, 6.07) is 20.5. The number of allylic oxidation sites excluding steroid dienone is 2. The zero-order chi connectivity index (χ0) is 18.5. The van der Waals surface area contributed by atoms with E-state index in [1.807, 2.05) is 36.7 Å². The number of rotatable bonds is 6. The number of carbonyl (C=O) groups is 1. The molecule has 2 aromatic carbocycles. The van der Waals surface area contributed by atoms with E-state index in [-0.39, 0.29) is 11.9 Å². The summed E-state index contributed by atoms with van der Waals surface area (Å²) >= 11 is 0. The Balaban J connectivity index is 1.44. The Labute approximate surface area is 160 Å². The molecule has 0 saturated heterocycles. The second-order valence-electron chi connectivity index (χ2n) is 6.98. The Bertz CT molecular complexity index is 926. The number of benzene rings is 2. The molecule has 1 amide bonds. The number of aryl methyl sites for hydroxylation is 1. The predicted molar refractivity (Wildman–Crippen MR) is 109 cm³/mol. The lowest BCUT2D eigenvalue weighted by atomic mass is 9.88. The number of aromatic nitrogens is 1. The van der Waals surface area contributed by atoms with Crippen LogP contribution in [0.1, 0.15) is 47.6 Å². The van der Waals surface area contributed by atoms with Crippen LogP contribution in [0.4, 0.5) is 0 Å². The molecule has 136 valence electrons. The maximum absolute atomic E-state index is 12.7. The first kappa shape index (κ1) is 17.3. The predicted octanol–water partition coefficient (Wildman–Crippen LogP) is 5.03. The number of hydrogen-bond acceptors (Lipinski definition) is 1. The summed E-state index contributed by atoms with van der Waals surface area (Å²) in [6.07, 6.45) is 9.54. The maximum atomic E-state index is 12.7. The topological polar surface area (TPSA) is 44.9 Å². The highest BCUT2D eigenvalue weighted by molar-refractivity contribution is 5.80. The summed E-state index contributed by atoms with van der Waals surface area (Å²) < 4.78 is 0.